The first-order valence-corrected chi connectivity index (χ1v) is 8.73. The van der Waals surface area contributed by atoms with E-state index in [0.717, 1.165) is 25.7 Å². The maximum atomic E-state index is 12.4. The van der Waals surface area contributed by atoms with Gasteiger partial charge in [-0.1, -0.05) is 12.1 Å². The van der Waals surface area contributed by atoms with Crippen molar-refractivity contribution in [3.8, 4) is 11.5 Å². The summed E-state index contributed by atoms with van der Waals surface area (Å²) < 4.78 is 11.3. The van der Waals surface area contributed by atoms with E-state index in [1.165, 1.54) is 19.2 Å². The van der Waals surface area contributed by atoms with Crippen LogP contribution < -0.4 is 20.3 Å². The molecule has 2 aromatic rings. The number of nitro groups is 1. The molecule has 142 valence electrons. The van der Waals surface area contributed by atoms with E-state index in [2.05, 4.69) is 10.9 Å². The predicted octanol–water partition coefficient (Wildman–Crippen LogP) is 3.68. The zero-order valence-electron chi connectivity index (χ0n) is 14.9. The normalized spacial score (nSPS) is 13.8. The topological polar surface area (TPSA) is 103 Å². The maximum absolute atomic E-state index is 12.4. The third-order valence-corrected chi connectivity index (χ3v) is 4.43. The van der Waals surface area contributed by atoms with Gasteiger partial charge in [0.15, 0.2) is 11.5 Å². The largest absolute Gasteiger partial charge is 0.493 e. The number of hydrazine groups is 1. The van der Waals surface area contributed by atoms with Crippen molar-refractivity contribution in [2.75, 3.05) is 12.5 Å². The molecule has 1 aliphatic rings. The zero-order valence-corrected chi connectivity index (χ0v) is 14.9. The van der Waals surface area contributed by atoms with E-state index in [0.29, 0.717) is 17.1 Å². The summed E-state index contributed by atoms with van der Waals surface area (Å²) in [6.07, 6.45) is 4.53. The molecule has 3 rings (SSSR count). The van der Waals surface area contributed by atoms with Gasteiger partial charge in [0.2, 0.25) is 0 Å². The Morgan fingerprint density at radius 2 is 1.89 bits per heavy atom. The summed E-state index contributed by atoms with van der Waals surface area (Å²) in [4.78, 5) is 22.9. The Bertz CT molecular complexity index is 834. The summed E-state index contributed by atoms with van der Waals surface area (Å²) in [6.45, 7) is 0. The Labute approximate surface area is 156 Å². The molecule has 0 saturated heterocycles. The molecule has 1 amide bonds. The second-order valence-electron chi connectivity index (χ2n) is 6.24. The number of methoxy groups -OCH3 is 1. The van der Waals surface area contributed by atoms with Crippen molar-refractivity contribution in [3.63, 3.8) is 0 Å². The van der Waals surface area contributed by atoms with Gasteiger partial charge >= 0.3 is 0 Å². The molecule has 0 heterocycles. The van der Waals surface area contributed by atoms with Gasteiger partial charge in [0.1, 0.15) is 5.69 Å². The molecule has 1 aliphatic carbocycles. The zero-order chi connectivity index (χ0) is 19.2. The number of amides is 1. The van der Waals surface area contributed by atoms with Gasteiger partial charge in [0, 0.05) is 11.6 Å². The molecule has 0 atom stereocenters. The summed E-state index contributed by atoms with van der Waals surface area (Å²) in [5.41, 5.74) is 5.47. The Balaban J connectivity index is 1.68. The Hall–Kier alpha value is -3.29. The van der Waals surface area contributed by atoms with Crippen LogP contribution in [0.15, 0.2) is 42.5 Å². The van der Waals surface area contributed by atoms with Crippen molar-refractivity contribution in [2.24, 2.45) is 0 Å². The standard InChI is InChI=1S/C19H21N3O5/c1-26-18-12-13(10-11-17(18)27-14-6-2-3-7-14)19(23)21-20-15-8-4-5-9-16(15)22(24)25/h4-5,8-12,14,20H,2-3,6-7H2,1H3,(H,21,23). The number of nitrogens with one attached hydrogen (secondary N) is 2. The van der Waals surface area contributed by atoms with Crippen molar-refractivity contribution < 1.29 is 19.2 Å². The van der Waals surface area contributed by atoms with E-state index < -0.39 is 10.8 Å². The van der Waals surface area contributed by atoms with Crippen LogP contribution in [0.2, 0.25) is 0 Å². The highest BCUT2D eigenvalue weighted by Gasteiger charge is 2.19. The molecule has 0 bridgehead atoms. The summed E-state index contributed by atoms with van der Waals surface area (Å²) in [7, 11) is 1.52. The number of carbonyl (C=O) groups excluding carboxylic acids is 1. The number of hydrogen-bond donors (Lipinski definition) is 2. The summed E-state index contributed by atoms with van der Waals surface area (Å²) >= 11 is 0. The predicted molar refractivity (Wildman–Crippen MR) is 100 cm³/mol. The lowest BCUT2D eigenvalue weighted by Gasteiger charge is -2.16. The van der Waals surface area contributed by atoms with E-state index in [1.54, 1.807) is 30.3 Å². The van der Waals surface area contributed by atoms with E-state index in [4.69, 9.17) is 9.47 Å². The van der Waals surface area contributed by atoms with Crippen LogP contribution in [0.3, 0.4) is 0 Å². The van der Waals surface area contributed by atoms with Crippen molar-refractivity contribution >= 4 is 17.3 Å². The Morgan fingerprint density at radius 3 is 2.59 bits per heavy atom. The number of carbonyl (C=O) groups is 1. The second kappa shape index (κ2) is 8.39. The van der Waals surface area contributed by atoms with Crippen LogP contribution in [0.1, 0.15) is 36.0 Å². The first-order chi connectivity index (χ1) is 13.1. The van der Waals surface area contributed by atoms with E-state index in [-0.39, 0.29) is 17.5 Å². The van der Waals surface area contributed by atoms with Crippen molar-refractivity contribution in [2.45, 2.75) is 31.8 Å². The molecular weight excluding hydrogens is 350 g/mol. The first-order valence-electron chi connectivity index (χ1n) is 8.73. The van der Waals surface area contributed by atoms with Gasteiger partial charge in [-0.25, -0.2) is 0 Å². The van der Waals surface area contributed by atoms with Gasteiger partial charge in [-0.15, -0.1) is 0 Å². The Kier molecular flexibility index (Phi) is 5.75. The molecule has 0 radical (unpaired) electrons. The molecule has 27 heavy (non-hydrogen) atoms. The molecule has 1 saturated carbocycles. The molecule has 8 nitrogen and oxygen atoms in total. The molecule has 0 aromatic heterocycles. The lowest BCUT2D eigenvalue weighted by atomic mass is 10.2. The number of nitrogens with zero attached hydrogens (tertiary/aromatic N) is 1. The minimum atomic E-state index is -0.521. The second-order valence-corrected chi connectivity index (χ2v) is 6.24. The lowest BCUT2D eigenvalue weighted by molar-refractivity contribution is -0.384. The van der Waals surface area contributed by atoms with Gasteiger partial charge in [-0.05, 0) is 49.9 Å². The van der Waals surface area contributed by atoms with Crippen LogP contribution >= 0.6 is 0 Å². The third kappa shape index (κ3) is 4.46. The van der Waals surface area contributed by atoms with Gasteiger partial charge in [-0.2, -0.15) is 0 Å². The summed E-state index contributed by atoms with van der Waals surface area (Å²) in [5.74, 6) is 0.631. The smallest absolute Gasteiger partial charge is 0.294 e. The fourth-order valence-corrected chi connectivity index (χ4v) is 3.03. The summed E-state index contributed by atoms with van der Waals surface area (Å²) in [5, 5.41) is 11.0. The molecule has 0 aliphatic heterocycles. The number of ether oxygens (including phenoxy) is 2. The van der Waals surface area contributed by atoms with Gasteiger partial charge in [-0.3, -0.25) is 25.8 Å². The number of para-hydroxylation sites is 2. The monoisotopic (exact) mass is 371 g/mol. The van der Waals surface area contributed by atoms with Gasteiger partial charge < -0.3 is 9.47 Å². The number of anilines is 1. The minimum Gasteiger partial charge on any atom is -0.493 e. The quantitative estimate of drug-likeness (QED) is 0.568. The number of rotatable bonds is 7. The van der Waals surface area contributed by atoms with Crippen LogP contribution in [0, 0.1) is 10.1 Å². The van der Waals surface area contributed by atoms with E-state index in [1.807, 2.05) is 0 Å². The van der Waals surface area contributed by atoms with Crippen molar-refractivity contribution in [1.82, 2.24) is 5.43 Å². The van der Waals surface area contributed by atoms with Gasteiger partial charge in [0.05, 0.1) is 18.1 Å². The fraction of sp³-hybridized carbons (Fsp3) is 0.316. The summed E-state index contributed by atoms with van der Waals surface area (Å²) in [6, 6.07) is 11.0. The maximum Gasteiger partial charge on any atom is 0.294 e. The van der Waals surface area contributed by atoms with Crippen LogP contribution in [0.4, 0.5) is 11.4 Å². The molecule has 8 heteroatoms. The van der Waals surface area contributed by atoms with E-state index in [9.17, 15) is 14.9 Å². The van der Waals surface area contributed by atoms with Crippen LogP contribution in [0.5, 0.6) is 11.5 Å². The molecule has 1 fully saturated rings. The number of hydrogen-bond acceptors (Lipinski definition) is 6. The van der Waals surface area contributed by atoms with Crippen LogP contribution in [0.25, 0.3) is 0 Å². The fourth-order valence-electron chi connectivity index (χ4n) is 3.03. The van der Waals surface area contributed by atoms with E-state index >= 15 is 0 Å². The number of benzene rings is 2. The van der Waals surface area contributed by atoms with Crippen LogP contribution in [-0.4, -0.2) is 24.0 Å². The SMILES string of the molecule is COc1cc(C(=O)NNc2ccccc2[N+](=O)[O-])ccc1OC1CCCC1. The molecule has 2 aromatic carbocycles. The third-order valence-electron chi connectivity index (χ3n) is 4.43. The number of nitro benzene ring substituents is 1. The highest BCUT2D eigenvalue weighted by Crippen LogP contribution is 2.32. The highest BCUT2D eigenvalue weighted by molar-refractivity contribution is 5.95. The average Bonchev–Trinajstić information content (AvgIpc) is 3.19. The minimum absolute atomic E-state index is 0.129. The Morgan fingerprint density at radius 1 is 1.15 bits per heavy atom. The molecule has 0 unspecified atom stereocenters. The lowest BCUT2D eigenvalue weighted by Crippen LogP contribution is -2.29. The highest BCUT2D eigenvalue weighted by atomic mass is 16.6. The van der Waals surface area contributed by atoms with Crippen molar-refractivity contribution in [1.29, 1.82) is 0 Å². The average molecular weight is 371 g/mol. The van der Waals surface area contributed by atoms with Crippen LogP contribution in [-0.2, 0) is 0 Å². The first kappa shape index (κ1) is 18.5. The molecular formula is C19H21N3O5. The van der Waals surface area contributed by atoms with Gasteiger partial charge in [0.25, 0.3) is 11.6 Å². The van der Waals surface area contributed by atoms with Crippen molar-refractivity contribution in [3.05, 3.63) is 58.1 Å². The molecule has 2 N–H and O–H groups in total. The molecule has 0 spiro atoms.